The third-order valence-electron chi connectivity index (χ3n) is 7.44. The molecule has 2 N–H and O–H groups in total. The summed E-state index contributed by atoms with van der Waals surface area (Å²) in [5.74, 6) is -0.362. The number of anilines is 1. The second-order valence-corrected chi connectivity index (χ2v) is 10.9. The maximum atomic E-state index is 13.8. The van der Waals surface area contributed by atoms with Crippen LogP contribution in [0.4, 0.5) is 18.9 Å². The van der Waals surface area contributed by atoms with Crippen LogP contribution in [0, 0.1) is 11.3 Å². The van der Waals surface area contributed by atoms with E-state index in [1.165, 1.54) is 17.0 Å². The summed E-state index contributed by atoms with van der Waals surface area (Å²) in [4.78, 5) is 39.6. The van der Waals surface area contributed by atoms with Crippen molar-refractivity contribution in [2.45, 2.75) is 90.2 Å². The van der Waals surface area contributed by atoms with Crippen molar-refractivity contribution in [3.05, 3.63) is 29.8 Å². The van der Waals surface area contributed by atoms with E-state index in [4.69, 9.17) is 4.74 Å². The van der Waals surface area contributed by atoms with Gasteiger partial charge in [0.1, 0.15) is 18.2 Å². The largest absolute Gasteiger partial charge is 0.463 e. The van der Waals surface area contributed by atoms with Gasteiger partial charge in [-0.2, -0.15) is 13.2 Å². The SMILES string of the molecule is CC[C@@H]1C[C@@]1(CC)NC(=O)C1C[C@@H](OC=O)CN1C(=O)[C@@H](Nc1cccc(C(F)(F)F)c1)C(C)(C)C. The highest BCUT2D eigenvalue weighted by atomic mass is 19.4. The average molecular weight is 512 g/mol. The number of likely N-dealkylation sites (tertiary alicyclic amines) is 1. The van der Waals surface area contributed by atoms with Gasteiger partial charge in [0.25, 0.3) is 6.47 Å². The van der Waals surface area contributed by atoms with E-state index in [-0.39, 0.29) is 30.1 Å². The van der Waals surface area contributed by atoms with Gasteiger partial charge < -0.3 is 20.3 Å². The zero-order valence-electron chi connectivity index (χ0n) is 21.4. The van der Waals surface area contributed by atoms with Crippen LogP contribution in [0.1, 0.15) is 65.9 Å². The first kappa shape index (κ1) is 27.8. The van der Waals surface area contributed by atoms with Crippen LogP contribution in [0.5, 0.6) is 0 Å². The normalized spacial score (nSPS) is 26.8. The Morgan fingerprint density at radius 2 is 1.94 bits per heavy atom. The standard InChI is InChI=1S/C26H36F3N3O4/c1-6-16-13-25(16,7-2)31-22(34)20-12-19(36-15-33)14-32(20)23(35)21(24(3,4)5)30-18-10-8-9-17(11-18)26(27,28)29/h8-11,15-16,19-21,30H,6-7,12-14H2,1-5H3,(H,31,34)/t16-,19-,20?,21-,25-/m1/s1. The smallest absolute Gasteiger partial charge is 0.416 e. The molecule has 7 nitrogen and oxygen atoms in total. The molecule has 0 radical (unpaired) electrons. The first-order valence-corrected chi connectivity index (χ1v) is 12.4. The third-order valence-corrected chi connectivity index (χ3v) is 7.44. The van der Waals surface area contributed by atoms with E-state index in [2.05, 4.69) is 17.6 Å². The fourth-order valence-electron chi connectivity index (χ4n) is 5.15. The lowest BCUT2D eigenvalue weighted by atomic mass is 9.85. The van der Waals surface area contributed by atoms with E-state index in [1.807, 2.05) is 6.92 Å². The van der Waals surface area contributed by atoms with Crippen LogP contribution in [-0.2, 0) is 25.3 Å². The monoisotopic (exact) mass is 511 g/mol. The van der Waals surface area contributed by atoms with Crippen molar-refractivity contribution in [2.75, 3.05) is 11.9 Å². The van der Waals surface area contributed by atoms with Crippen molar-refractivity contribution in [3.8, 4) is 0 Å². The molecule has 1 aliphatic heterocycles. The predicted octanol–water partition coefficient (Wildman–Crippen LogP) is 4.37. The third kappa shape index (κ3) is 5.95. The summed E-state index contributed by atoms with van der Waals surface area (Å²) >= 11 is 0. The van der Waals surface area contributed by atoms with Crippen LogP contribution in [0.25, 0.3) is 0 Å². The predicted molar refractivity (Wildman–Crippen MR) is 129 cm³/mol. The number of carbonyl (C=O) groups excluding carboxylic acids is 3. The summed E-state index contributed by atoms with van der Waals surface area (Å²) in [6.07, 6.45) is -2.42. The minimum atomic E-state index is -4.52. The number of hydrogen-bond acceptors (Lipinski definition) is 5. The molecule has 1 aromatic rings. The summed E-state index contributed by atoms with van der Waals surface area (Å²) in [7, 11) is 0. The lowest BCUT2D eigenvalue weighted by molar-refractivity contribution is -0.141. The molecule has 1 saturated carbocycles. The number of hydrogen-bond donors (Lipinski definition) is 2. The zero-order valence-corrected chi connectivity index (χ0v) is 21.4. The van der Waals surface area contributed by atoms with Gasteiger partial charge in [-0.1, -0.05) is 47.1 Å². The Kier molecular flexibility index (Phi) is 7.95. The van der Waals surface area contributed by atoms with Crippen LogP contribution in [-0.4, -0.2) is 53.5 Å². The highest BCUT2D eigenvalue weighted by molar-refractivity contribution is 5.92. The van der Waals surface area contributed by atoms with Gasteiger partial charge >= 0.3 is 6.18 Å². The summed E-state index contributed by atoms with van der Waals surface area (Å²) in [5.41, 5.74) is -1.67. The lowest BCUT2D eigenvalue weighted by Crippen LogP contribution is -2.55. The number of benzene rings is 1. The molecule has 2 amide bonds. The Hall–Kier alpha value is -2.78. The number of amides is 2. The van der Waals surface area contributed by atoms with Gasteiger partial charge in [-0.05, 0) is 42.4 Å². The van der Waals surface area contributed by atoms with Crippen molar-refractivity contribution in [3.63, 3.8) is 0 Å². The van der Waals surface area contributed by atoms with Gasteiger partial charge in [0.05, 0.1) is 12.1 Å². The molecule has 10 heteroatoms. The van der Waals surface area contributed by atoms with E-state index in [1.54, 1.807) is 20.8 Å². The van der Waals surface area contributed by atoms with Gasteiger partial charge in [-0.25, -0.2) is 0 Å². The molecule has 1 aliphatic carbocycles. The highest BCUT2D eigenvalue weighted by Gasteiger charge is 2.54. The van der Waals surface area contributed by atoms with Gasteiger partial charge in [0.2, 0.25) is 11.8 Å². The molecule has 36 heavy (non-hydrogen) atoms. The number of carbonyl (C=O) groups is 3. The maximum absolute atomic E-state index is 13.8. The molecule has 1 aromatic carbocycles. The Balaban J connectivity index is 1.86. The van der Waals surface area contributed by atoms with Crippen LogP contribution in [0.3, 0.4) is 0 Å². The number of nitrogens with zero attached hydrogens (tertiary/aromatic N) is 1. The molecule has 2 aliphatic rings. The second kappa shape index (κ2) is 10.3. The molecule has 1 saturated heterocycles. The van der Waals surface area contributed by atoms with E-state index in [9.17, 15) is 27.6 Å². The molecule has 1 unspecified atom stereocenters. The Morgan fingerprint density at radius 1 is 1.25 bits per heavy atom. The number of rotatable bonds is 9. The minimum absolute atomic E-state index is 0.0306. The fourth-order valence-corrected chi connectivity index (χ4v) is 5.15. The average Bonchev–Trinajstić information content (AvgIpc) is 3.33. The van der Waals surface area contributed by atoms with Gasteiger partial charge in [-0.3, -0.25) is 14.4 Å². The molecule has 1 heterocycles. The minimum Gasteiger partial charge on any atom is -0.463 e. The van der Waals surface area contributed by atoms with Crippen molar-refractivity contribution >= 4 is 24.0 Å². The molecular formula is C26H36F3N3O4. The van der Waals surface area contributed by atoms with Crippen molar-refractivity contribution in [1.29, 1.82) is 0 Å². The first-order valence-electron chi connectivity index (χ1n) is 12.4. The van der Waals surface area contributed by atoms with Crippen LogP contribution in [0.2, 0.25) is 0 Å². The zero-order chi connectivity index (χ0) is 26.9. The van der Waals surface area contributed by atoms with E-state index >= 15 is 0 Å². The number of halogens is 3. The molecule has 0 aromatic heterocycles. The molecule has 3 rings (SSSR count). The van der Waals surface area contributed by atoms with Gasteiger partial charge in [0, 0.05) is 17.6 Å². The fraction of sp³-hybridized carbons (Fsp3) is 0.654. The quantitative estimate of drug-likeness (QED) is 0.481. The molecule has 0 spiro atoms. The molecule has 200 valence electrons. The highest BCUT2D eigenvalue weighted by Crippen LogP contribution is 2.48. The number of alkyl halides is 3. The van der Waals surface area contributed by atoms with Crippen molar-refractivity contribution < 1.29 is 32.3 Å². The van der Waals surface area contributed by atoms with Gasteiger partial charge in [-0.15, -0.1) is 0 Å². The molecule has 5 atom stereocenters. The summed E-state index contributed by atoms with van der Waals surface area (Å²) in [5, 5.41) is 6.11. The summed E-state index contributed by atoms with van der Waals surface area (Å²) in [6, 6.07) is 2.89. The Morgan fingerprint density at radius 3 is 2.47 bits per heavy atom. The van der Waals surface area contributed by atoms with E-state index < -0.39 is 41.2 Å². The summed E-state index contributed by atoms with van der Waals surface area (Å²) in [6.45, 7) is 9.80. The van der Waals surface area contributed by atoms with Crippen molar-refractivity contribution in [2.24, 2.45) is 11.3 Å². The van der Waals surface area contributed by atoms with Crippen molar-refractivity contribution in [1.82, 2.24) is 10.2 Å². The number of nitrogens with one attached hydrogen (secondary N) is 2. The van der Waals surface area contributed by atoms with E-state index in [0.29, 0.717) is 12.4 Å². The Labute approximate surface area is 210 Å². The molecule has 0 bridgehead atoms. The van der Waals surface area contributed by atoms with Crippen LogP contribution >= 0.6 is 0 Å². The maximum Gasteiger partial charge on any atom is 0.416 e. The van der Waals surface area contributed by atoms with Gasteiger partial charge in [0.15, 0.2) is 0 Å². The lowest BCUT2D eigenvalue weighted by Gasteiger charge is -2.36. The first-order chi connectivity index (χ1) is 16.8. The van der Waals surface area contributed by atoms with Crippen LogP contribution in [0.15, 0.2) is 24.3 Å². The molecule has 2 fully saturated rings. The summed E-state index contributed by atoms with van der Waals surface area (Å²) < 4.78 is 44.8. The van der Waals surface area contributed by atoms with E-state index in [0.717, 1.165) is 31.4 Å². The van der Waals surface area contributed by atoms with Crippen LogP contribution < -0.4 is 10.6 Å². The number of ether oxygens (including phenoxy) is 1. The second-order valence-electron chi connectivity index (χ2n) is 10.9. The Bertz CT molecular complexity index is 978. The topological polar surface area (TPSA) is 87.7 Å². The molecular weight excluding hydrogens is 475 g/mol.